The molecule has 0 spiro atoms. The number of benzene rings is 2. The molecule has 0 aliphatic carbocycles. The van der Waals surface area contributed by atoms with Gasteiger partial charge in [-0.2, -0.15) is 0 Å². The maximum absolute atomic E-state index is 13.4. The quantitative estimate of drug-likeness (QED) is 0.486. The maximum Gasteiger partial charge on any atom is 0.168 e. The minimum atomic E-state index is -0.716. The van der Waals surface area contributed by atoms with E-state index in [2.05, 4.69) is 39.1 Å². The first-order valence-corrected chi connectivity index (χ1v) is 10.5. The summed E-state index contributed by atoms with van der Waals surface area (Å²) >= 11 is 2.14. The zero-order valence-corrected chi connectivity index (χ0v) is 16.1. The molecule has 23 heavy (non-hydrogen) atoms. The van der Waals surface area contributed by atoms with E-state index in [1.165, 1.54) is 24.3 Å². The van der Waals surface area contributed by atoms with Crippen molar-refractivity contribution in [3.05, 3.63) is 87.0 Å². The molecule has 2 aromatic carbocycles. The third-order valence-corrected chi connectivity index (χ3v) is 6.98. The third kappa shape index (κ3) is 2.97. The van der Waals surface area contributed by atoms with E-state index in [1.54, 1.807) is 24.3 Å². The van der Waals surface area contributed by atoms with Gasteiger partial charge in [-0.3, -0.25) is 0 Å². The van der Waals surface area contributed by atoms with Crippen molar-refractivity contribution in [3.8, 4) is 0 Å². The molecule has 118 valence electrons. The van der Waals surface area contributed by atoms with Crippen LogP contribution in [0.1, 0.15) is 16.8 Å². The van der Waals surface area contributed by atoms with E-state index in [9.17, 15) is 8.78 Å². The number of halogens is 3. The molecule has 0 atom stereocenters. The molecule has 0 saturated heterocycles. The molecule has 0 bridgehead atoms. The van der Waals surface area contributed by atoms with E-state index in [1.807, 2.05) is 6.20 Å². The maximum atomic E-state index is 13.4. The minimum Gasteiger partial charge on any atom is -0.340 e. The van der Waals surface area contributed by atoms with Gasteiger partial charge in [0.25, 0.3) is 0 Å². The molecular formula is C17H15F2IN2Si. The Bertz CT molecular complexity index is 755. The Kier molecular flexibility index (Phi) is 4.63. The number of nitrogens with zero attached hydrogens (tertiary/aromatic N) is 1. The Hall–Kier alpha value is -1.54. The first kappa shape index (κ1) is 16.3. The van der Waals surface area contributed by atoms with Crippen molar-refractivity contribution < 1.29 is 8.78 Å². The second-order valence-corrected chi connectivity index (χ2v) is 8.14. The number of H-pyrrole nitrogens is 1. The number of imidazole rings is 1. The molecule has 1 heterocycles. The second-order valence-electron chi connectivity index (χ2n) is 5.35. The van der Waals surface area contributed by atoms with Crippen LogP contribution in [-0.4, -0.2) is 19.5 Å². The van der Waals surface area contributed by atoms with Gasteiger partial charge in [-0.15, -0.1) is 0 Å². The first-order chi connectivity index (χ1) is 11.1. The number of nitrogens with one attached hydrogen (secondary N) is 1. The Morgan fingerprint density at radius 1 is 0.957 bits per heavy atom. The van der Waals surface area contributed by atoms with Crippen LogP contribution in [0.4, 0.5) is 8.78 Å². The SMILES string of the molecule is C[SiH2]C(c1ccc(F)cc1)(c1ccc(F)cc1)c1c[nH]c(I)n1. The predicted octanol–water partition coefficient (Wildman–Crippen LogP) is 3.80. The van der Waals surface area contributed by atoms with Crippen molar-refractivity contribution in [1.29, 1.82) is 0 Å². The van der Waals surface area contributed by atoms with Crippen LogP contribution in [0, 0.1) is 15.5 Å². The number of aromatic nitrogens is 2. The van der Waals surface area contributed by atoms with Gasteiger partial charge in [0.1, 0.15) is 11.6 Å². The summed E-state index contributed by atoms with van der Waals surface area (Å²) in [6, 6.07) is 13.1. The highest BCUT2D eigenvalue weighted by Crippen LogP contribution is 2.37. The summed E-state index contributed by atoms with van der Waals surface area (Å²) in [5.74, 6) is -0.535. The topological polar surface area (TPSA) is 28.7 Å². The number of hydrogen-bond donors (Lipinski definition) is 1. The normalized spacial score (nSPS) is 12.2. The lowest BCUT2D eigenvalue weighted by molar-refractivity contribution is 0.624. The van der Waals surface area contributed by atoms with Crippen molar-refractivity contribution in [2.75, 3.05) is 0 Å². The zero-order valence-electron chi connectivity index (χ0n) is 12.5. The van der Waals surface area contributed by atoms with Crippen LogP contribution in [0.2, 0.25) is 6.55 Å². The molecule has 6 heteroatoms. The van der Waals surface area contributed by atoms with Crippen LogP contribution < -0.4 is 0 Å². The second kappa shape index (κ2) is 6.52. The highest BCUT2D eigenvalue weighted by molar-refractivity contribution is 14.1. The summed E-state index contributed by atoms with van der Waals surface area (Å²) in [4.78, 5) is 7.75. The van der Waals surface area contributed by atoms with Crippen molar-refractivity contribution in [1.82, 2.24) is 9.97 Å². The third-order valence-electron chi connectivity index (χ3n) is 4.19. The average molecular weight is 440 g/mol. The molecule has 3 aromatic rings. The molecule has 0 unspecified atom stereocenters. The fourth-order valence-electron chi connectivity index (χ4n) is 3.04. The van der Waals surface area contributed by atoms with Crippen molar-refractivity contribution in [2.45, 2.75) is 11.6 Å². The van der Waals surface area contributed by atoms with Gasteiger partial charge in [0, 0.05) is 20.8 Å². The molecule has 0 saturated carbocycles. The highest BCUT2D eigenvalue weighted by Gasteiger charge is 2.37. The highest BCUT2D eigenvalue weighted by atomic mass is 127. The van der Waals surface area contributed by atoms with Crippen LogP contribution in [0.15, 0.2) is 54.7 Å². The summed E-state index contributed by atoms with van der Waals surface area (Å²) in [6.45, 7) is 2.19. The van der Waals surface area contributed by atoms with Gasteiger partial charge in [-0.05, 0) is 58.0 Å². The molecule has 0 aliphatic rings. The molecular weight excluding hydrogens is 425 g/mol. The summed E-state index contributed by atoms with van der Waals surface area (Å²) in [5, 5.41) is -0.415. The van der Waals surface area contributed by atoms with Crippen LogP contribution in [-0.2, 0) is 5.04 Å². The van der Waals surface area contributed by atoms with Crippen LogP contribution in [0.3, 0.4) is 0 Å². The van der Waals surface area contributed by atoms with Gasteiger partial charge < -0.3 is 4.98 Å². The van der Waals surface area contributed by atoms with E-state index >= 15 is 0 Å². The minimum absolute atomic E-state index is 0.267. The summed E-state index contributed by atoms with van der Waals surface area (Å²) in [5.41, 5.74) is 2.87. The standard InChI is InChI=1S/C17H15F2IN2Si/c1-23-17(15-10-21-16(20)22-15,11-2-6-13(18)7-3-11)12-4-8-14(19)9-5-12/h2-10H,23H2,1H3,(H,21,22). The van der Waals surface area contributed by atoms with Crippen molar-refractivity contribution >= 4 is 32.1 Å². The van der Waals surface area contributed by atoms with Gasteiger partial charge in [-0.25, -0.2) is 13.8 Å². The van der Waals surface area contributed by atoms with Crippen LogP contribution >= 0.6 is 22.6 Å². The van der Waals surface area contributed by atoms with E-state index < -0.39 is 14.6 Å². The van der Waals surface area contributed by atoms with Gasteiger partial charge in [-0.1, -0.05) is 30.8 Å². The Balaban J connectivity index is 2.27. The molecule has 0 fully saturated rings. The van der Waals surface area contributed by atoms with Gasteiger partial charge >= 0.3 is 0 Å². The van der Waals surface area contributed by atoms with Gasteiger partial charge in [0.2, 0.25) is 0 Å². The summed E-state index contributed by atoms with van der Waals surface area (Å²) in [7, 11) is -0.716. The Morgan fingerprint density at radius 3 is 1.78 bits per heavy atom. The smallest absolute Gasteiger partial charge is 0.168 e. The molecule has 0 aliphatic heterocycles. The fourth-order valence-corrected chi connectivity index (χ4v) is 5.28. The van der Waals surface area contributed by atoms with E-state index in [-0.39, 0.29) is 11.6 Å². The monoisotopic (exact) mass is 440 g/mol. The average Bonchev–Trinajstić information content (AvgIpc) is 2.99. The summed E-state index contributed by atoms with van der Waals surface area (Å²) in [6.07, 6.45) is 1.89. The molecule has 0 radical (unpaired) electrons. The predicted molar refractivity (Wildman–Crippen MR) is 98.4 cm³/mol. The largest absolute Gasteiger partial charge is 0.340 e. The van der Waals surface area contributed by atoms with Crippen LogP contribution in [0.5, 0.6) is 0 Å². The molecule has 3 rings (SSSR count). The van der Waals surface area contributed by atoms with E-state index in [4.69, 9.17) is 0 Å². The lowest BCUT2D eigenvalue weighted by Gasteiger charge is -2.32. The fraction of sp³-hybridized carbons (Fsp3) is 0.118. The molecule has 1 aromatic heterocycles. The lowest BCUT2D eigenvalue weighted by Crippen LogP contribution is -2.35. The zero-order chi connectivity index (χ0) is 16.4. The van der Waals surface area contributed by atoms with E-state index in [0.29, 0.717) is 0 Å². The molecule has 0 amide bonds. The number of rotatable bonds is 4. The van der Waals surface area contributed by atoms with Gasteiger partial charge in [0.15, 0.2) is 3.83 Å². The molecule has 1 N–H and O–H groups in total. The number of aromatic amines is 1. The Labute approximate surface area is 149 Å². The van der Waals surface area contributed by atoms with Crippen molar-refractivity contribution in [3.63, 3.8) is 0 Å². The summed E-state index contributed by atoms with van der Waals surface area (Å²) < 4.78 is 27.6. The Morgan fingerprint density at radius 2 is 1.43 bits per heavy atom. The first-order valence-electron chi connectivity index (χ1n) is 7.29. The molecule has 2 nitrogen and oxygen atoms in total. The van der Waals surface area contributed by atoms with Crippen LogP contribution in [0.25, 0.3) is 0 Å². The number of hydrogen-bond acceptors (Lipinski definition) is 1. The lowest BCUT2D eigenvalue weighted by atomic mass is 9.87. The van der Waals surface area contributed by atoms with Gasteiger partial charge in [0.05, 0.1) is 5.69 Å². The van der Waals surface area contributed by atoms with Crippen molar-refractivity contribution in [2.24, 2.45) is 0 Å². The van der Waals surface area contributed by atoms with E-state index in [0.717, 1.165) is 20.7 Å².